The first kappa shape index (κ1) is 38.2. The van der Waals surface area contributed by atoms with Gasteiger partial charge in [-0.05, 0) is 67.0 Å². The molecule has 0 aliphatic carbocycles. The van der Waals surface area contributed by atoms with E-state index in [0.717, 1.165) is 73.4 Å². The van der Waals surface area contributed by atoms with Crippen LogP contribution in [0.2, 0.25) is 0 Å². The number of nitrogens with one attached hydrogen (secondary N) is 1. The summed E-state index contributed by atoms with van der Waals surface area (Å²) in [7, 11) is 0. The Morgan fingerprint density at radius 2 is 1.52 bits per heavy atom. The van der Waals surface area contributed by atoms with Crippen molar-refractivity contribution in [2.45, 2.75) is 84.6 Å². The molecule has 1 fully saturated rings. The number of rotatable bonds is 16. The largest absolute Gasteiger partial charge is 0.494 e. The summed E-state index contributed by atoms with van der Waals surface area (Å²) >= 11 is 1.51. The van der Waals surface area contributed by atoms with Crippen molar-refractivity contribution in [1.29, 1.82) is 0 Å². The first-order valence-corrected chi connectivity index (χ1v) is 18.5. The molecule has 2 N–H and O–H groups in total. The van der Waals surface area contributed by atoms with E-state index < -0.39 is 6.04 Å². The molecule has 5 rings (SSSR count). The summed E-state index contributed by atoms with van der Waals surface area (Å²) < 4.78 is 5.91. The van der Waals surface area contributed by atoms with Gasteiger partial charge in [0.15, 0.2) is 5.82 Å². The monoisotopic (exact) mass is 698 g/mol. The Morgan fingerprint density at radius 1 is 0.880 bits per heavy atom. The van der Waals surface area contributed by atoms with Crippen LogP contribution in [0.1, 0.15) is 85.8 Å². The lowest BCUT2D eigenvalue weighted by Gasteiger charge is -2.24. The predicted octanol–water partition coefficient (Wildman–Crippen LogP) is 8.08. The first-order valence-electron chi connectivity index (χ1n) is 17.7. The fourth-order valence-electron chi connectivity index (χ4n) is 5.89. The van der Waals surface area contributed by atoms with E-state index in [1.807, 2.05) is 78.0 Å². The van der Waals surface area contributed by atoms with E-state index in [9.17, 15) is 9.59 Å². The number of likely N-dealkylation sites (tertiary alicyclic amines) is 1. The van der Waals surface area contributed by atoms with Crippen molar-refractivity contribution in [2.24, 2.45) is 5.92 Å². The minimum Gasteiger partial charge on any atom is -0.494 e. The van der Waals surface area contributed by atoms with Crippen LogP contribution in [-0.4, -0.2) is 64.0 Å². The van der Waals surface area contributed by atoms with Crippen LogP contribution in [0, 0.1) is 5.92 Å². The second-order valence-electron chi connectivity index (χ2n) is 13.0. The van der Waals surface area contributed by atoms with Crippen molar-refractivity contribution in [1.82, 2.24) is 20.2 Å². The Labute approximate surface area is 300 Å². The fourth-order valence-corrected chi connectivity index (χ4v) is 7.01. The Kier molecular flexibility index (Phi) is 15.4. The zero-order chi connectivity index (χ0) is 35.7. The van der Waals surface area contributed by atoms with Crippen LogP contribution in [-0.2, 0) is 22.4 Å². The van der Waals surface area contributed by atoms with Gasteiger partial charge in [-0.3, -0.25) is 14.4 Å². The lowest BCUT2D eigenvalue weighted by atomic mass is 10.0. The highest BCUT2D eigenvalue weighted by Crippen LogP contribution is 2.25. The van der Waals surface area contributed by atoms with E-state index in [-0.39, 0.29) is 18.3 Å². The van der Waals surface area contributed by atoms with Crippen LogP contribution < -0.4 is 10.1 Å². The lowest BCUT2D eigenvalue weighted by Crippen LogP contribution is -2.48. The molecule has 2 aromatic carbocycles. The summed E-state index contributed by atoms with van der Waals surface area (Å²) in [6, 6.07) is 19.3. The lowest BCUT2D eigenvalue weighted by molar-refractivity contribution is -0.132. The van der Waals surface area contributed by atoms with Crippen LogP contribution in [0.15, 0.2) is 73.1 Å². The summed E-state index contributed by atoms with van der Waals surface area (Å²) in [5.74, 6) is 1.84. The van der Waals surface area contributed by atoms with Gasteiger partial charge in [0.05, 0.1) is 11.5 Å². The molecule has 1 unspecified atom stereocenters. The molecule has 50 heavy (non-hydrogen) atoms. The number of ether oxygens (including phenoxy) is 1. The van der Waals surface area contributed by atoms with Crippen molar-refractivity contribution >= 4 is 29.6 Å². The van der Waals surface area contributed by atoms with Gasteiger partial charge in [0, 0.05) is 47.9 Å². The number of hydrogen-bond acceptors (Lipinski definition) is 7. The Bertz CT molecular complexity index is 1610. The maximum atomic E-state index is 13.5. The molecule has 4 aromatic rings. The highest BCUT2D eigenvalue weighted by Gasteiger charge is 2.29. The molecule has 1 aliphatic rings. The van der Waals surface area contributed by atoms with E-state index in [4.69, 9.17) is 14.6 Å². The molecular formula is C40H50N4O5S. The van der Waals surface area contributed by atoms with E-state index in [1.54, 1.807) is 0 Å². The van der Waals surface area contributed by atoms with Crippen molar-refractivity contribution < 1.29 is 24.2 Å². The van der Waals surface area contributed by atoms with E-state index in [2.05, 4.69) is 36.1 Å². The van der Waals surface area contributed by atoms with Crippen LogP contribution in [0.4, 0.5) is 0 Å². The average Bonchev–Trinajstić information content (AvgIpc) is 3.83. The Balaban J connectivity index is 0.00000181. The third-order valence-electron chi connectivity index (χ3n) is 8.52. The number of unbranched alkanes of at least 4 members (excludes halogenated alkanes) is 4. The zero-order valence-electron chi connectivity index (χ0n) is 29.5. The Hall–Kier alpha value is -4.57. The molecule has 2 amide bonds. The number of amides is 2. The second-order valence-corrected chi connectivity index (χ2v) is 14.2. The van der Waals surface area contributed by atoms with Crippen molar-refractivity contribution in [3.05, 3.63) is 88.4 Å². The molecular weight excluding hydrogens is 649 g/mol. The highest BCUT2D eigenvalue weighted by molar-refractivity contribution is 7.14. The van der Waals surface area contributed by atoms with Gasteiger partial charge in [0.2, 0.25) is 5.91 Å². The molecule has 1 aliphatic heterocycles. The molecule has 266 valence electrons. The van der Waals surface area contributed by atoms with Crippen LogP contribution in [0.5, 0.6) is 5.75 Å². The van der Waals surface area contributed by atoms with Crippen molar-refractivity contribution in [3.8, 4) is 28.3 Å². The van der Waals surface area contributed by atoms with Gasteiger partial charge in [0.25, 0.3) is 12.4 Å². The number of carbonyl (C=O) groups excluding carboxylic acids is 2. The number of nitrogens with zero attached hydrogens (tertiary/aromatic N) is 3. The predicted molar refractivity (Wildman–Crippen MR) is 199 cm³/mol. The van der Waals surface area contributed by atoms with Gasteiger partial charge in [-0.25, -0.2) is 9.97 Å². The van der Waals surface area contributed by atoms with Crippen molar-refractivity contribution in [2.75, 3.05) is 19.7 Å². The highest BCUT2D eigenvalue weighted by atomic mass is 32.1. The van der Waals surface area contributed by atoms with Gasteiger partial charge in [-0.15, -0.1) is 11.3 Å². The molecule has 10 heteroatoms. The smallest absolute Gasteiger partial charge is 0.290 e. The van der Waals surface area contributed by atoms with Gasteiger partial charge >= 0.3 is 0 Å². The molecule has 9 nitrogen and oxygen atoms in total. The van der Waals surface area contributed by atoms with Crippen molar-refractivity contribution in [3.63, 3.8) is 0 Å². The number of carboxylic acid groups (broad SMARTS) is 1. The maximum absolute atomic E-state index is 13.5. The number of aromatic nitrogens is 2. The van der Waals surface area contributed by atoms with Crippen LogP contribution in [0.3, 0.4) is 0 Å². The molecule has 0 bridgehead atoms. The molecule has 3 heterocycles. The van der Waals surface area contributed by atoms with Gasteiger partial charge < -0.3 is 20.1 Å². The fraction of sp³-hybridized carbons (Fsp3) is 0.425. The topological polar surface area (TPSA) is 122 Å². The minimum absolute atomic E-state index is 0.0141. The van der Waals surface area contributed by atoms with Gasteiger partial charge in [-0.2, -0.15) is 0 Å². The van der Waals surface area contributed by atoms with Crippen LogP contribution in [0.25, 0.3) is 22.5 Å². The standard InChI is InChI=1S/C39H48N4O3S.CH2O2/c1-4-5-6-7-10-23-46-33-17-15-30(16-18-33)32-26-40-37(41-27-32)31-13-11-29(12-14-31)25-35(39(45)43-21-8-9-22-43)42-38(44)36-20-19-34(47-36)24-28(2)3;2-1-3/h11-20,26-28,35H,4-10,21-25H2,1-3H3,(H,42,44);1H,(H,2,3). The third-order valence-corrected chi connectivity index (χ3v) is 9.63. The molecule has 0 saturated carbocycles. The summed E-state index contributed by atoms with van der Waals surface area (Å²) in [6.07, 6.45) is 13.2. The summed E-state index contributed by atoms with van der Waals surface area (Å²) in [4.78, 5) is 48.1. The first-order chi connectivity index (χ1) is 24.3. The molecule has 1 atom stereocenters. The quantitative estimate of drug-likeness (QED) is 0.0896. The number of thiophene rings is 1. The number of benzene rings is 2. The average molecular weight is 699 g/mol. The SMILES string of the molecule is CCCCCCCOc1ccc(-c2cnc(-c3ccc(CC(NC(=O)c4ccc(CC(C)C)s4)C(=O)N4CCCC4)cc3)nc2)cc1.O=CO. The summed E-state index contributed by atoms with van der Waals surface area (Å²) in [5.41, 5.74) is 3.85. The normalized spacial score (nSPS) is 13.0. The van der Waals surface area contributed by atoms with Crippen LogP contribution >= 0.6 is 11.3 Å². The number of hydrogen-bond donors (Lipinski definition) is 2. The summed E-state index contributed by atoms with van der Waals surface area (Å²) in [6.45, 7) is 8.55. The van der Waals surface area contributed by atoms with E-state index in [0.29, 0.717) is 23.0 Å². The van der Waals surface area contributed by atoms with Gasteiger partial charge in [-0.1, -0.05) is 82.9 Å². The molecule has 1 saturated heterocycles. The van der Waals surface area contributed by atoms with Gasteiger partial charge in [0.1, 0.15) is 11.8 Å². The minimum atomic E-state index is -0.625. The van der Waals surface area contributed by atoms with E-state index >= 15 is 0 Å². The Morgan fingerprint density at radius 3 is 2.16 bits per heavy atom. The molecule has 0 radical (unpaired) electrons. The third kappa shape index (κ3) is 11.8. The summed E-state index contributed by atoms with van der Waals surface area (Å²) in [5, 5.41) is 9.95. The zero-order valence-corrected chi connectivity index (χ0v) is 30.3. The number of carbonyl (C=O) groups is 3. The molecule has 2 aromatic heterocycles. The second kappa shape index (κ2) is 20.2. The van der Waals surface area contributed by atoms with E-state index in [1.165, 1.54) is 41.9 Å². The molecule has 0 spiro atoms. The maximum Gasteiger partial charge on any atom is 0.290 e.